The molecule has 1 heterocycles. The summed E-state index contributed by atoms with van der Waals surface area (Å²) in [5.74, 6) is 0.499. The molecule has 1 aromatic rings. The molecule has 1 N–H and O–H groups in total. The van der Waals surface area contributed by atoms with E-state index in [1.54, 1.807) is 0 Å². The Morgan fingerprint density at radius 1 is 1.39 bits per heavy atom. The molecule has 0 fully saturated rings. The van der Waals surface area contributed by atoms with Crippen LogP contribution in [0.4, 0.5) is 0 Å². The van der Waals surface area contributed by atoms with Gasteiger partial charge in [-0.25, -0.2) is 0 Å². The number of hydrogen-bond donors (Lipinski definition) is 1. The second-order valence-corrected chi connectivity index (χ2v) is 5.79. The van der Waals surface area contributed by atoms with Gasteiger partial charge in [0.05, 0.1) is 12.7 Å². The Kier molecular flexibility index (Phi) is 5.04. The zero-order valence-corrected chi connectivity index (χ0v) is 11.9. The van der Waals surface area contributed by atoms with Gasteiger partial charge in [-0.1, -0.05) is 38.1 Å². The molecule has 2 unspecified atom stereocenters. The normalized spacial score (nSPS) is 20.8. The molecule has 0 aliphatic carbocycles. The summed E-state index contributed by atoms with van der Waals surface area (Å²) < 4.78 is 5.84. The van der Waals surface area contributed by atoms with Crippen LogP contribution in [0.1, 0.15) is 31.1 Å². The largest absolute Gasteiger partial charge is 0.372 e. The smallest absolute Gasteiger partial charge is 0.0952 e. The van der Waals surface area contributed by atoms with Crippen LogP contribution in [0.3, 0.4) is 0 Å². The third-order valence-electron chi connectivity index (χ3n) is 3.48. The van der Waals surface area contributed by atoms with Crippen molar-refractivity contribution in [3.63, 3.8) is 0 Å². The summed E-state index contributed by atoms with van der Waals surface area (Å²) in [6.07, 6.45) is 1.20. The van der Waals surface area contributed by atoms with Gasteiger partial charge in [0.15, 0.2) is 0 Å². The monoisotopic (exact) mass is 267 g/mol. The van der Waals surface area contributed by atoms with Crippen molar-refractivity contribution in [1.29, 1.82) is 0 Å². The third-order valence-corrected chi connectivity index (χ3v) is 4.14. The average molecular weight is 268 g/mol. The van der Waals surface area contributed by atoms with Gasteiger partial charge in [-0.15, -0.1) is 11.6 Å². The molecule has 1 aromatic carbocycles. The maximum absolute atomic E-state index is 6.23. The maximum atomic E-state index is 6.23. The number of hydrogen-bond acceptors (Lipinski definition) is 2. The zero-order valence-electron chi connectivity index (χ0n) is 11.2. The van der Waals surface area contributed by atoms with Crippen LogP contribution < -0.4 is 5.32 Å². The van der Waals surface area contributed by atoms with Crippen molar-refractivity contribution >= 4 is 11.6 Å². The van der Waals surface area contributed by atoms with E-state index in [2.05, 4.69) is 43.4 Å². The van der Waals surface area contributed by atoms with Crippen molar-refractivity contribution in [3.8, 4) is 0 Å². The van der Waals surface area contributed by atoms with E-state index in [1.165, 1.54) is 11.1 Å². The number of alkyl halides is 1. The number of fused-ring (bicyclic) bond motifs is 1. The molecule has 1 aliphatic rings. The van der Waals surface area contributed by atoms with E-state index >= 15 is 0 Å². The Hall–Kier alpha value is -0.570. The standard InChI is InChI=1S/C15H22ClNO/c1-11(2)14(16)9-17-10-15-13-6-4-3-5-12(13)7-8-18-15/h3-6,11,14-15,17H,7-10H2,1-2H3. The molecule has 0 bridgehead atoms. The van der Waals surface area contributed by atoms with Crippen LogP contribution in [0, 0.1) is 5.92 Å². The highest BCUT2D eigenvalue weighted by Crippen LogP contribution is 2.26. The van der Waals surface area contributed by atoms with Crippen molar-refractivity contribution in [2.45, 2.75) is 31.7 Å². The fourth-order valence-corrected chi connectivity index (χ4v) is 2.34. The molecular weight excluding hydrogens is 246 g/mol. The van der Waals surface area contributed by atoms with Gasteiger partial charge in [-0.3, -0.25) is 0 Å². The van der Waals surface area contributed by atoms with Crippen molar-refractivity contribution < 1.29 is 4.74 Å². The minimum Gasteiger partial charge on any atom is -0.372 e. The van der Waals surface area contributed by atoms with Gasteiger partial charge >= 0.3 is 0 Å². The fourth-order valence-electron chi connectivity index (χ4n) is 2.23. The number of benzene rings is 1. The first-order valence-corrected chi connectivity index (χ1v) is 7.16. The van der Waals surface area contributed by atoms with Gasteiger partial charge in [-0.2, -0.15) is 0 Å². The lowest BCUT2D eigenvalue weighted by atomic mass is 9.97. The number of nitrogens with one attached hydrogen (secondary N) is 1. The van der Waals surface area contributed by atoms with Crippen LogP contribution in [0.5, 0.6) is 0 Å². The van der Waals surface area contributed by atoms with Gasteiger partial charge in [0.1, 0.15) is 0 Å². The molecule has 18 heavy (non-hydrogen) atoms. The Balaban J connectivity index is 1.88. The predicted octanol–water partition coefficient (Wildman–Crippen LogP) is 3.15. The van der Waals surface area contributed by atoms with Crippen LogP contribution in [0.25, 0.3) is 0 Å². The van der Waals surface area contributed by atoms with Crippen LogP contribution in [0.15, 0.2) is 24.3 Å². The molecule has 0 radical (unpaired) electrons. The summed E-state index contributed by atoms with van der Waals surface area (Å²) in [4.78, 5) is 0. The van der Waals surface area contributed by atoms with Gasteiger partial charge in [-0.05, 0) is 23.5 Å². The van der Waals surface area contributed by atoms with Gasteiger partial charge in [0.2, 0.25) is 0 Å². The minimum absolute atomic E-state index is 0.172. The van der Waals surface area contributed by atoms with Crippen molar-refractivity contribution in [2.75, 3.05) is 19.7 Å². The Morgan fingerprint density at radius 3 is 2.94 bits per heavy atom. The summed E-state index contributed by atoms with van der Waals surface area (Å²) >= 11 is 6.23. The van der Waals surface area contributed by atoms with E-state index in [1.807, 2.05) is 0 Å². The molecule has 2 atom stereocenters. The van der Waals surface area contributed by atoms with E-state index in [-0.39, 0.29) is 11.5 Å². The summed E-state index contributed by atoms with van der Waals surface area (Å²) in [6, 6.07) is 8.55. The molecular formula is C15H22ClNO. The van der Waals surface area contributed by atoms with E-state index in [0.717, 1.165) is 26.1 Å². The Labute approximate surface area is 115 Å². The maximum Gasteiger partial charge on any atom is 0.0952 e. The van der Waals surface area contributed by atoms with E-state index in [4.69, 9.17) is 16.3 Å². The number of rotatable bonds is 5. The first-order chi connectivity index (χ1) is 8.68. The van der Waals surface area contributed by atoms with Gasteiger partial charge in [0, 0.05) is 18.5 Å². The van der Waals surface area contributed by atoms with E-state index in [9.17, 15) is 0 Å². The van der Waals surface area contributed by atoms with E-state index in [0.29, 0.717) is 5.92 Å². The topological polar surface area (TPSA) is 21.3 Å². The van der Waals surface area contributed by atoms with Gasteiger partial charge < -0.3 is 10.1 Å². The summed E-state index contributed by atoms with van der Waals surface area (Å²) in [5.41, 5.74) is 2.74. The van der Waals surface area contributed by atoms with Crippen LogP contribution in [-0.4, -0.2) is 25.1 Å². The zero-order chi connectivity index (χ0) is 13.0. The highest BCUT2D eigenvalue weighted by atomic mass is 35.5. The summed E-state index contributed by atoms with van der Waals surface area (Å²) in [7, 11) is 0. The first-order valence-electron chi connectivity index (χ1n) is 6.72. The van der Waals surface area contributed by atoms with Crippen LogP contribution in [0.2, 0.25) is 0 Å². The van der Waals surface area contributed by atoms with Crippen LogP contribution >= 0.6 is 11.6 Å². The molecule has 0 saturated heterocycles. The second kappa shape index (κ2) is 6.55. The predicted molar refractivity (Wildman–Crippen MR) is 76.2 cm³/mol. The lowest BCUT2D eigenvalue weighted by Gasteiger charge is -2.27. The third kappa shape index (κ3) is 3.47. The SMILES string of the molecule is CC(C)C(Cl)CNCC1OCCc2ccccc21. The first kappa shape index (κ1) is 13.9. The quantitative estimate of drug-likeness (QED) is 0.828. The summed E-state index contributed by atoms with van der Waals surface area (Å²) in [5, 5.41) is 3.60. The molecule has 0 spiro atoms. The lowest BCUT2D eigenvalue weighted by molar-refractivity contribution is 0.0425. The lowest BCUT2D eigenvalue weighted by Crippen LogP contribution is -2.32. The Bertz CT molecular complexity index is 381. The summed E-state index contributed by atoms with van der Waals surface area (Å²) in [6.45, 7) is 6.78. The highest BCUT2D eigenvalue weighted by Gasteiger charge is 2.20. The van der Waals surface area contributed by atoms with E-state index < -0.39 is 0 Å². The highest BCUT2D eigenvalue weighted by molar-refractivity contribution is 6.20. The van der Waals surface area contributed by atoms with Gasteiger partial charge in [0.25, 0.3) is 0 Å². The molecule has 0 amide bonds. The number of halogens is 1. The van der Waals surface area contributed by atoms with Crippen LogP contribution in [-0.2, 0) is 11.2 Å². The molecule has 0 aromatic heterocycles. The minimum atomic E-state index is 0.172. The average Bonchev–Trinajstić information content (AvgIpc) is 2.38. The van der Waals surface area contributed by atoms with Crippen molar-refractivity contribution in [1.82, 2.24) is 5.32 Å². The molecule has 0 saturated carbocycles. The molecule has 2 rings (SSSR count). The Morgan fingerprint density at radius 2 is 2.17 bits per heavy atom. The number of ether oxygens (including phenoxy) is 1. The molecule has 100 valence electrons. The molecule has 1 aliphatic heterocycles. The molecule has 3 heteroatoms. The molecule has 2 nitrogen and oxygen atoms in total. The fraction of sp³-hybridized carbons (Fsp3) is 0.600. The van der Waals surface area contributed by atoms with Crippen molar-refractivity contribution in [2.24, 2.45) is 5.92 Å². The van der Waals surface area contributed by atoms with Crippen molar-refractivity contribution in [3.05, 3.63) is 35.4 Å². The second-order valence-electron chi connectivity index (χ2n) is 5.23.